The Morgan fingerprint density at radius 2 is 2.18 bits per heavy atom. The van der Waals surface area contributed by atoms with Gasteiger partial charge in [-0.05, 0) is 24.0 Å². The quantitative estimate of drug-likeness (QED) is 0.532. The molecule has 1 aromatic rings. The van der Waals surface area contributed by atoms with E-state index in [0.29, 0.717) is 12.1 Å². The zero-order chi connectivity index (χ0) is 12.8. The van der Waals surface area contributed by atoms with Crippen LogP contribution in [0.2, 0.25) is 5.02 Å². The van der Waals surface area contributed by atoms with Gasteiger partial charge in [0.05, 0.1) is 10.6 Å². The summed E-state index contributed by atoms with van der Waals surface area (Å²) in [6.07, 6.45) is 1.92. The zero-order valence-electron chi connectivity index (χ0n) is 9.61. The molecule has 0 radical (unpaired) electrons. The first kappa shape index (κ1) is 14.0. The van der Waals surface area contributed by atoms with Gasteiger partial charge in [0.25, 0.3) is 5.91 Å². The summed E-state index contributed by atoms with van der Waals surface area (Å²) in [5.74, 6) is -0.248. The Morgan fingerprint density at radius 1 is 1.47 bits per heavy atom. The summed E-state index contributed by atoms with van der Waals surface area (Å²) in [6.45, 7) is 2.65. The predicted molar refractivity (Wildman–Crippen MR) is 68.5 cm³/mol. The minimum absolute atomic E-state index is 0.213. The molecule has 0 bridgehead atoms. The van der Waals surface area contributed by atoms with Gasteiger partial charge < -0.3 is 15.4 Å². The SMILES string of the molecule is CCCCNC(=O)c1ccc(B(O)O)cc1Cl. The molecule has 3 N–H and O–H groups in total. The number of unbranched alkanes of at least 4 members (excludes halogenated alkanes) is 1. The predicted octanol–water partition coefficient (Wildman–Crippen LogP) is 0.550. The van der Waals surface area contributed by atoms with Crippen LogP contribution in [0.5, 0.6) is 0 Å². The summed E-state index contributed by atoms with van der Waals surface area (Å²) in [4.78, 5) is 11.7. The second-order valence-corrected chi connectivity index (χ2v) is 4.13. The summed E-state index contributed by atoms with van der Waals surface area (Å²) < 4.78 is 0. The maximum absolute atomic E-state index is 11.7. The largest absolute Gasteiger partial charge is 0.488 e. The molecular formula is C11H15BClNO3. The molecule has 4 nitrogen and oxygen atoms in total. The van der Waals surface area contributed by atoms with Gasteiger partial charge in [0, 0.05) is 6.54 Å². The number of nitrogens with one attached hydrogen (secondary N) is 1. The molecule has 0 saturated heterocycles. The van der Waals surface area contributed by atoms with E-state index in [0.717, 1.165) is 12.8 Å². The number of carbonyl (C=O) groups is 1. The molecule has 17 heavy (non-hydrogen) atoms. The third kappa shape index (κ3) is 4.04. The first-order valence-corrected chi connectivity index (χ1v) is 5.87. The van der Waals surface area contributed by atoms with Crippen molar-refractivity contribution in [3.63, 3.8) is 0 Å². The van der Waals surface area contributed by atoms with Crippen LogP contribution in [0, 0.1) is 0 Å². The van der Waals surface area contributed by atoms with Crippen molar-refractivity contribution in [3.8, 4) is 0 Å². The second-order valence-electron chi connectivity index (χ2n) is 3.72. The standard InChI is InChI=1S/C11H15BClNO3/c1-2-3-6-14-11(15)9-5-4-8(12(16)17)7-10(9)13/h4-5,7,16-17H,2-3,6H2,1H3,(H,14,15). The molecule has 0 aliphatic rings. The van der Waals surface area contributed by atoms with Crippen molar-refractivity contribution in [1.82, 2.24) is 5.32 Å². The summed E-state index contributed by atoms with van der Waals surface area (Å²) in [6, 6.07) is 4.32. The topological polar surface area (TPSA) is 69.6 Å². The minimum atomic E-state index is -1.58. The van der Waals surface area contributed by atoms with Crippen molar-refractivity contribution >= 4 is 30.1 Å². The van der Waals surface area contributed by atoms with Crippen LogP contribution in [-0.2, 0) is 0 Å². The van der Waals surface area contributed by atoms with Crippen molar-refractivity contribution in [2.45, 2.75) is 19.8 Å². The zero-order valence-corrected chi connectivity index (χ0v) is 10.4. The smallest absolute Gasteiger partial charge is 0.423 e. The van der Waals surface area contributed by atoms with Crippen molar-refractivity contribution in [3.05, 3.63) is 28.8 Å². The minimum Gasteiger partial charge on any atom is -0.423 e. The van der Waals surface area contributed by atoms with Crippen LogP contribution in [0.1, 0.15) is 30.1 Å². The van der Waals surface area contributed by atoms with E-state index in [1.165, 1.54) is 18.2 Å². The number of benzene rings is 1. The lowest BCUT2D eigenvalue weighted by Gasteiger charge is -2.07. The Labute approximate surface area is 106 Å². The van der Waals surface area contributed by atoms with Crippen LogP contribution in [0.15, 0.2) is 18.2 Å². The monoisotopic (exact) mass is 255 g/mol. The maximum Gasteiger partial charge on any atom is 0.488 e. The highest BCUT2D eigenvalue weighted by Gasteiger charge is 2.15. The van der Waals surface area contributed by atoms with E-state index in [4.69, 9.17) is 21.6 Å². The van der Waals surface area contributed by atoms with Gasteiger partial charge in [-0.1, -0.05) is 31.0 Å². The number of amides is 1. The van der Waals surface area contributed by atoms with Gasteiger partial charge in [-0.25, -0.2) is 0 Å². The van der Waals surface area contributed by atoms with E-state index in [-0.39, 0.29) is 16.4 Å². The molecule has 0 aliphatic carbocycles. The van der Waals surface area contributed by atoms with E-state index in [2.05, 4.69) is 5.32 Å². The van der Waals surface area contributed by atoms with E-state index in [1.54, 1.807) is 0 Å². The Hall–Kier alpha value is -1.04. The van der Waals surface area contributed by atoms with Crippen LogP contribution >= 0.6 is 11.6 Å². The molecule has 0 saturated carbocycles. The van der Waals surface area contributed by atoms with Gasteiger partial charge in [-0.15, -0.1) is 0 Å². The molecule has 1 amide bonds. The molecule has 1 rings (SSSR count). The summed E-state index contributed by atoms with van der Waals surface area (Å²) >= 11 is 5.90. The van der Waals surface area contributed by atoms with E-state index >= 15 is 0 Å². The number of halogens is 1. The summed E-state index contributed by atoms with van der Waals surface area (Å²) in [7, 11) is -1.58. The molecular weight excluding hydrogens is 240 g/mol. The lowest BCUT2D eigenvalue weighted by molar-refractivity contribution is 0.0953. The average molecular weight is 256 g/mol. The van der Waals surface area contributed by atoms with Crippen LogP contribution in [0.3, 0.4) is 0 Å². The molecule has 6 heteroatoms. The van der Waals surface area contributed by atoms with E-state index < -0.39 is 7.12 Å². The van der Waals surface area contributed by atoms with Gasteiger partial charge in [-0.2, -0.15) is 0 Å². The number of hydrogen-bond acceptors (Lipinski definition) is 3. The molecule has 0 spiro atoms. The lowest BCUT2D eigenvalue weighted by atomic mass is 9.80. The Morgan fingerprint density at radius 3 is 2.71 bits per heavy atom. The van der Waals surface area contributed by atoms with Crippen molar-refractivity contribution < 1.29 is 14.8 Å². The number of rotatable bonds is 5. The number of hydrogen-bond donors (Lipinski definition) is 3. The van der Waals surface area contributed by atoms with Gasteiger partial charge in [0.15, 0.2) is 0 Å². The van der Waals surface area contributed by atoms with Crippen molar-refractivity contribution in [1.29, 1.82) is 0 Å². The van der Waals surface area contributed by atoms with Gasteiger partial charge >= 0.3 is 7.12 Å². The normalized spacial score (nSPS) is 10.1. The molecule has 0 aliphatic heterocycles. The molecule has 0 heterocycles. The first-order valence-electron chi connectivity index (χ1n) is 5.50. The van der Waals surface area contributed by atoms with Crippen molar-refractivity contribution in [2.75, 3.05) is 6.54 Å². The molecule has 0 aromatic heterocycles. The third-order valence-corrected chi connectivity index (χ3v) is 2.66. The van der Waals surface area contributed by atoms with E-state index in [1.807, 2.05) is 6.92 Å². The van der Waals surface area contributed by atoms with Crippen LogP contribution in [-0.4, -0.2) is 29.6 Å². The van der Waals surface area contributed by atoms with Crippen LogP contribution < -0.4 is 10.8 Å². The van der Waals surface area contributed by atoms with Crippen molar-refractivity contribution in [2.24, 2.45) is 0 Å². The average Bonchev–Trinajstić information content (AvgIpc) is 2.28. The van der Waals surface area contributed by atoms with Crippen LogP contribution in [0.4, 0.5) is 0 Å². The molecule has 92 valence electrons. The second kappa shape index (κ2) is 6.64. The van der Waals surface area contributed by atoms with E-state index in [9.17, 15) is 4.79 Å². The van der Waals surface area contributed by atoms with Crippen LogP contribution in [0.25, 0.3) is 0 Å². The lowest BCUT2D eigenvalue weighted by Crippen LogP contribution is -2.31. The first-order chi connectivity index (χ1) is 8.06. The Bertz CT molecular complexity index is 398. The summed E-state index contributed by atoms with van der Waals surface area (Å²) in [5, 5.41) is 20.8. The Balaban J connectivity index is 2.74. The molecule has 0 unspecified atom stereocenters. The molecule has 0 fully saturated rings. The fourth-order valence-electron chi connectivity index (χ4n) is 1.35. The molecule has 1 aromatic carbocycles. The van der Waals surface area contributed by atoms with Gasteiger partial charge in [0.1, 0.15) is 0 Å². The molecule has 0 atom stereocenters. The highest BCUT2D eigenvalue weighted by atomic mass is 35.5. The fraction of sp³-hybridized carbons (Fsp3) is 0.364. The highest BCUT2D eigenvalue weighted by molar-refractivity contribution is 6.59. The summed E-state index contributed by atoms with van der Waals surface area (Å²) in [5.41, 5.74) is 0.604. The Kier molecular flexibility index (Phi) is 5.48. The van der Waals surface area contributed by atoms with Gasteiger partial charge in [0.2, 0.25) is 0 Å². The van der Waals surface area contributed by atoms with Gasteiger partial charge in [-0.3, -0.25) is 4.79 Å². The third-order valence-electron chi connectivity index (χ3n) is 2.35. The highest BCUT2D eigenvalue weighted by Crippen LogP contribution is 2.13. The maximum atomic E-state index is 11.7. The fourth-order valence-corrected chi connectivity index (χ4v) is 1.62. The number of carbonyl (C=O) groups excluding carboxylic acids is 1.